The van der Waals surface area contributed by atoms with Gasteiger partial charge in [0.15, 0.2) is 0 Å². The number of aliphatic hydroxyl groups is 1. The summed E-state index contributed by atoms with van der Waals surface area (Å²) in [6.45, 7) is 0.0660. The molecule has 0 bridgehead atoms. The molecule has 0 spiro atoms. The third kappa shape index (κ3) is 3.32. The summed E-state index contributed by atoms with van der Waals surface area (Å²) in [5.41, 5.74) is 2.07. The monoisotopic (exact) mass is 291 g/mol. The largest absolute Gasteiger partial charge is 0.394 e. The molecule has 1 atom stereocenters. The van der Waals surface area contributed by atoms with Crippen molar-refractivity contribution in [1.29, 1.82) is 0 Å². The van der Waals surface area contributed by atoms with Crippen molar-refractivity contribution in [2.45, 2.75) is 6.04 Å². The molecule has 0 aliphatic heterocycles. The fraction of sp³-hybridized carbons (Fsp3) is 0.143. The van der Waals surface area contributed by atoms with Crippen LogP contribution in [0.2, 0.25) is 0 Å². The maximum absolute atomic E-state index is 9.44. The van der Waals surface area contributed by atoms with Crippen molar-refractivity contribution < 1.29 is 5.11 Å². The molecule has 2 N–H and O–H groups in total. The first kappa shape index (κ1) is 12.1. The lowest BCUT2D eigenvalue weighted by Gasteiger charge is -2.18. The molecular formula is C14H14BrNO. The molecule has 0 aliphatic carbocycles. The smallest absolute Gasteiger partial charge is 0.0745 e. The lowest BCUT2D eigenvalue weighted by molar-refractivity contribution is 0.276. The van der Waals surface area contributed by atoms with Gasteiger partial charge in [-0.25, -0.2) is 0 Å². The predicted molar refractivity (Wildman–Crippen MR) is 74.0 cm³/mol. The minimum Gasteiger partial charge on any atom is -0.394 e. The van der Waals surface area contributed by atoms with Crippen LogP contribution in [0, 0.1) is 0 Å². The Kier molecular flexibility index (Phi) is 4.18. The third-order valence-electron chi connectivity index (χ3n) is 2.55. The highest BCUT2D eigenvalue weighted by molar-refractivity contribution is 9.10. The normalized spacial score (nSPS) is 12.1. The van der Waals surface area contributed by atoms with Gasteiger partial charge in [0, 0.05) is 10.2 Å². The van der Waals surface area contributed by atoms with Gasteiger partial charge in [-0.05, 0) is 23.8 Å². The number of nitrogens with one attached hydrogen (secondary N) is 1. The summed E-state index contributed by atoms with van der Waals surface area (Å²) >= 11 is 3.43. The minimum absolute atomic E-state index is 0.0660. The first-order chi connectivity index (χ1) is 8.29. The molecule has 2 aromatic rings. The van der Waals surface area contributed by atoms with E-state index in [4.69, 9.17) is 0 Å². The maximum Gasteiger partial charge on any atom is 0.0745 e. The summed E-state index contributed by atoms with van der Waals surface area (Å²) in [5.74, 6) is 0. The molecule has 17 heavy (non-hydrogen) atoms. The fourth-order valence-electron chi connectivity index (χ4n) is 1.70. The van der Waals surface area contributed by atoms with Crippen molar-refractivity contribution in [2.75, 3.05) is 11.9 Å². The Morgan fingerprint density at radius 1 is 1.06 bits per heavy atom. The van der Waals surface area contributed by atoms with E-state index in [9.17, 15) is 5.11 Å². The van der Waals surface area contributed by atoms with E-state index in [1.54, 1.807) is 0 Å². The molecular weight excluding hydrogens is 278 g/mol. The van der Waals surface area contributed by atoms with Crippen molar-refractivity contribution in [3.63, 3.8) is 0 Å². The SMILES string of the molecule is OCC(Nc1cccc(Br)c1)c1ccccc1. The first-order valence-corrected chi connectivity index (χ1v) is 6.27. The average Bonchev–Trinajstić information content (AvgIpc) is 2.37. The minimum atomic E-state index is -0.0782. The molecule has 3 heteroatoms. The Morgan fingerprint density at radius 3 is 2.47 bits per heavy atom. The molecule has 0 radical (unpaired) electrons. The second-order valence-corrected chi connectivity index (χ2v) is 4.72. The predicted octanol–water partition coefficient (Wildman–Crippen LogP) is 3.59. The zero-order chi connectivity index (χ0) is 12.1. The van der Waals surface area contributed by atoms with Crippen LogP contribution in [0.25, 0.3) is 0 Å². The molecule has 88 valence electrons. The molecule has 0 aliphatic rings. The van der Waals surface area contributed by atoms with Crippen molar-refractivity contribution in [3.8, 4) is 0 Å². The van der Waals surface area contributed by atoms with E-state index in [0.29, 0.717) is 0 Å². The van der Waals surface area contributed by atoms with Gasteiger partial charge in [-0.15, -0.1) is 0 Å². The van der Waals surface area contributed by atoms with E-state index in [1.807, 2.05) is 54.6 Å². The Bertz CT molecular complexity index is 473. The average molecular weight is 292 g/mol. The highest BCUT2D eigenvalue weighted by atomic mass is 79.9. The summed E-state index contributed by atoms with van der Waals surface area (Å²) in [7, 11) is 0. The second kappa shape index (κ2) is 5.84. The van der Waals surface area contributed by atoms with Gasteiger partial charge in [0.25, 0.3) is 0 Å². The van der Waals surface area contributed by atoms with Gasteiger partial charge < -0.3 is 10.4 Å². The van der Waals surface area contributed by atoms with Crippen LogP contribution in [-0.2, 0) is 0 Å². The number of halogens is 1. The van der Waals surface area contributed by atoms with Crippen LogP contribution >= 0.6 is 15.9 Å². The number of hydrogen-bond donors (Lipinski definition) is 2. The molecule has 0 fully saturated rings. The van der Waals surface area contributed by atoms with Crippen LogP contribution in [0.1, 0.15) is 11.6 Å². The van der Waals surface area contributed by atoms with Gasteiger partial charge in [-0.3, -0.25) is 0 Å². The van der Waals surface area contributed by atoms with Gasteiger partial charge in [-0.2, -0.15) is 0 Å². The number of aliphatic hydroxyl groups excluding tert-OH is 1. The summed E-state index contributed by atoms with van der Waals surface area (Å²) in [6.07, 6.45) is 0. The van der Waals surface area contributed by atoms with E-state index < -0.39 is 0 Å². The lowest BCUT2D eigenvalue weighted by atomic mass is 10.1. The van der Waals surface area contributed by atoms with Gasteiger partial charge in [0.05, 0.1) is 12.6 Å². The van der Waals surface area contributed by atoms with Crippen LogP contribution in [0.5, 0.6) is 0 Å². The van der Waals surface area contributed by atoms with E-state index in [2.05, 4.69) is 21.2 Å². The maximum atomic E-state index is 9.44. The zero-order valence-corrected chi connectivity index (χ0v) is 10.9. The Labute approximate surface area is 109 Å². The lowest BCUT2D eigenvalue weighted by Crippen LogP contribution is -2.14. The molecule has 0 aromatic heterocycles. The standard InChI is InChI=1S/C14H14BrNO/c15-12-7-4-8-13(9-12)16-14(10-17)11-5-2-1-3-6-11/h1-9,14,16-17H,10H2. The van der Waals surface area contributed by atoms with E-state index in [0.717, 1.165) is 15.7 Å². The Hall–Kier alpha value is -1.32. The molecule has 2 rings (SSSR count). The van der Waals surface area contributed by atoms with Crippen molar-refractivity contribution in [3.05, 3.63) is 64.6 Å². The molecule has 0 heterocycles. The second-order valence-electron chi connectivity index (χ2n) is 3.80. The van der Waals surface area contributed by atoms with E-state index in [1.165, 1.54) is 0 Å². The number of rotatable bonds is 4. The Balaban J connectivity index is 2.16. The molecule has 0 amide bonds. The third-order valence-corrected chi connectivity index (χ3v) is 3.04. The first-order valence-electron chi connectivity index (χ1n) is 5.47. The van der Waals surface area contributed by atoms with E-state index >= 15 is 0 Å². The highest BCUT2D eigenvalue weighted by Crippen LogP contribution is 2.21. The number of benzene rings is 2. The molecule has 0 saturated carbocycles. The summed E-state index contributed by atoms with van der Waals surface area (Å²) in [4.78, 5) is 0. The van der Waals surface area contributed by atoms with Gasteiger partial charge >= 0.3 is 0 Å². The van der Waals surface area contributed by atoms with Crippen LogP contribution in [0.4, 0.5) is 5.69 Å². The van der Waals surface area contributed by atoms with Crippen LogP contribution in [0.15, 0.2) is 59.1 Å². The molecule has 2 nitrogen and oxygen atoms in total. The highest BCUT2D eigenvalue weighted by Gasteiger charge is 2.09. The number of anilines is 1. The topological polar surface area (TPSA) is 32.3 Å². The number of hydrogen-bond acceptors (Lipinski definition) is 2. The van der Waals surface area contributed by atoms with E-state index in [-0.39, 0.29) is 12.6 Å². The quantitative estimate of drug-likeness (QED) is 0.902. The van der Waals surface area contributed by atoms with Gasteiger partial charge in [0.1, 0.15) is 0 Å². The summed E-state index contributed by atoms with van der Waals surface area (Å²) < 4.78 is 1.02. The van der Waals surface area contributed by atoms with Crippen LogP contribution in [0.3, 0.4) is 0 Å². The zero-order valence-electron chi connectivity index (χ0n) is 9.31. The van der Waals surface area contributed by atoms with Crippen molar-refractivity contribution in [2.24, 2.45) is 0 Å². The van der Waals surface area contributed by atoms with Crippen molar-refractivity contribution in [1.82, 2.24) is 0 Å². The van der Waals surface area contributed by atoms with Crippen LogP contribution in [-0.4, -0.2) is 11.7 Å². The molecule has 2 aromatic carbocycles. The van der Waals surface area contributed by atoms with Gasteiger partial charge in [0.2, 0.25) is 0 Å². The van der Waals surface area contributed by atoms with Crippen LogP contribution < -0.4 is 5.32 Å². The summed E-state index contributed by atoms with van der Waals surface area (Å²) in [5, 5.41) is 12.7. The van der Waals surface area contributed by atoms with Crippen molar-refractivity contribution >= 4 is 21.6 Å². The fourth-order valence-corrected chi connectivity index (χ4v) is 2.10. The molecule has 0 saturated heterocycles. The summed E-state index contributed by atoms with van der Waals surface area (Å²) in [6, 6.07) is 17.8. The Morgan fingerprint density at radius 2 is 1.82 bits per heavy atom. The molecule has 1 unspecified atom stereocenters. The van der Waals surface area contributed by atoms with Gasteiger partial charge in [-0.1, -0.05) is 52.3 Å².